The van der Waals surface area contributed by atoms with Crippen molar-refractivity contribution in [2.45, 2.75) is 6.61 Å². The first-order chi connectivity index (χ1) is 12.5. The Hall–Kier alpha value is -2.81. The molecule has 0 atom stereocenters. The molecule has 7 heteroatoms. The number of benzene rings is 2. The summed E-state index contributed by atoms with van der Waals surface area (Å²) >= 11 is 12.2. The normalized spacial score (nSPS) is 10.2. The number of halogens is 3. The standard InChI is InChI=1S/C19H11Cl2FN2O2/c20-14-6-13(10-23)7-15(8-14)26-16-9-17(22)24-19(18(16)21)25-11-12-4-2-1-3-5-12/h1-9H,11H2. The van der Waals surface area contributed by atoms with Gasteiger partial charge >= 0.3 is 0 Å². The minimum Gasteiger partial charge on any atom is -0.472 e. The maximum Gasteiger partial charge on any atom is 0.239 e. The quantitative estimate of drug-likeness (QED) is 0.520. The molecule has 0 radical (unpaired) electrons. The molecule has 2 aromatic carbocycles. The van der Waals surface area contributed by atoms with Gasteiger partial charge in [-0.05, 0) is 23.8 Å². The van der Waals surface area contributed by atoms with Crippen molar-refractivity contribution >= 4 is 23.2 Å². The Kier molecular flexibility index (Phi) is 5.57. The fourth-order valence-corrected chi connectivity index (χ4v) is 2.58. The molecule has 0 aliphatic rings. The highest BCUT2D eigenvalue weighted by atomic mass is 35.5. The Bertz CT molecular complexity index is 975. The minimum absolute atomic E-state index is 0.00776. The molecule has 3 rings (SSSR count). The first-order valence-corrected chi connectivity index (χ1v) is 8.22. The maximum atomic E-state index is 13.9. The number of ether oxygens (including phenoxy) is 2. The lowest BCUT2D eigenvalue weighted by Gasteiger charge is -2.12. The molecule has 0 saturated heterocycles. The van der Waals surface area contributed by atoms with Gasteiger partial charge in [0.1, 0.15) is 17.4 Å². The van der Waals surface area contributed by atoms with Gasteiger partial charge in [0.2, 0.25) is 11.8 Å². The molecule has 4 nitrogen and oxygen atoms in total. The molecule has 0 unspecified atom stereocenters. The van der Waals surface area contributed by atoms with E-state index in [0.29, 0.717) is 10.6 Å². The van der Waals surface area contributed by atoms with Gasteiger partial charge in [-0.3, -0.25) is 0 Å². The van der Waals surface area contributed by atoms with E-state index in [0.717, 1.165) is 11.6 Å². The molecule has 0 spiro atoms. The Morgan fingerprint density at radius 3 is 2.58 bits per heavy atom. The molecule has 1 heterocycles. The molecule has 1 aromatic heterocycles. The van der Waals surface area contributed by atoms with Crippen molar-refractivity contribution in [3.8, 4) is 23.4 Å². The molecule has 0 aliphatic carbocycles. The molecule has 0 aliphatic heterocycles. The Morgan fingerprint density at radius 2 is 1.85 bits per heavy atom. The lowest BCUT2D eigenvalue weighted by atomic mass is 10.2. The number of hydrogen-bond donors (Lipinski definition) is 0. The summed E-state index contributed by atoms with van der Waals surface area (Å²) in [4.78, 5) is 3.66. The summed E-state index contributed by atoms with van der Waals surface area (Å²) < 4.78 is 24.9. The zero-order valence-electron chi connectivity index (χ0n) is 13.2. The van der Waals surface area contributed by atoms with E-state index in [1.807, 2.05) is 36.4 Å². The topological polar surface area (TPSA) is 55.1 Å². The third kappa shape index (κ3) is 4.42. The Morgan fingerprint density at radius 1 is 1.08 bits per heavy atom. The number of nitriles is 1. The van der Waals surface area contributed by atoms with Gasteiger partial charge < -0.3 is 9.47 Å². The lowest BCUT2D eigenvalue weighted by Crippen LogP contribution is -2.00. The van der Waals surface area contributed by atoms with E-state index in [9.17, 15) is 4.39 Å². The average Bonchev–Trinajstić information content (AvgIpc) is 2.63. The van der Waals surface area contributed by atoms with Gasteiger partial charge in [0.25, 0.3) is 0 Å². The third-order valence-electron chi connectivity index (χ3n) is 3.31. The SMILES string of the molecule is N#Cc1cc(Cl)cc(Oc2cc(F)nc(OCc3ccccc3)c2Cl)c1. The highest BCUT2D eigenvalue weighted by molar-refractivity contribution is 6.33. The molecule has 0 saturated carbocycles. The van der Waals surface area contributed by atoms with Gasteiger partial charge in [0.15, 0.2) is 5.75 Å². The molecular formula is C19H11Cl2FN2O2. The van der Waals surface area contributed by atoms with Gasteiger partial charge in [-0.25, -0.2) is 0 Å². The summed E-state index contributed by atoms with van der Waals surface area (Å²) in [6, 6.07) is 16.8. The summed E-state index contributed by atoms with van der Waals surface area (Å²) in [5.74, 6) is -0.646. The van der Waals surface area contributed by atoms with Crippen molar-refractivity contribution < 1.29 is 13.9 Å². The zero-order valence-corrected chi connectivity index (χ0v) is 14.8. The van der Waals surface area contributed by atoms with E-state index in [-0.39, 0.29) is 29.0 Å². The van der Waals surface area contributed by atoms with Crippen molar-refractivity contribution in [3.05, 3.63) is 81.7 Å². The predicted octanol–water partition coefficient (Wildman–Crippen LogP) is 5.77. The lowest BCUT2D eigenvalue weighted by molar-refractivity contribution is 0.287. The van der Waals surface area contributed by atoms with E-state index in [2.05, 4.69) is 4.98 Å². The van der Waals surface area contributed by atoms with E-state index in [1.165, 1.54) is 18.2 Å². The van der Waals surface area contributed by atoms with Crippen LogP contribution in [0.25, 0.3) is 0 Å². The van der Waals surface area contributed by atoms with Crippen LogP contribution in [-0.2, 0) is 6.61 Å². The van der Waals surface area contributed by atoms with Crippen molar-refractivity contribution in [2.75, 3.05) is 0 Å². The van der Waals surface area contributed by atoms with Crippen LogP contribution in [0.15, 0.2) is 54.6 Å². The second-order valence-corrected chi connectivity index (χ2v) is 6.04. The number of pyridine rings is 1. The van der Waals surface area contributed by atoms with Gasteiger partial charge in [-0.1, -0.05) is 53.5 Å². The highest BCUT2D eigenvalue weighted by Gasteiger charge is 2.15. The summed E-state index contributed by atoms with van der Waals surface area (Å²) in [5.41, 5.74) is 1.18. The van der Waals surface area contributed by atoms with Crippen LogP contribution in [-0.4, -0.2) is 4.98 Å². The summed E-state index contributed by atoms with van der Waals surface area (Å²) in [7, 11) is 0. The molecule has 130 valence electrons. The summed E-state index contributed by atoms with van der Waals surface area (Å²) in [6.45, 7) is 0.173. The van der Waals surface area contributed by atoms with Crippen LogP contribution in [0.3, 0.4) is 0 Å². The molecule has 0 bridgehead atoms. The Labute approximate surface area is 159 Å². The van der Waals surface area contributed by atoms with Crippen LogP contribution in [0, 0.1) is 17.3 Å². The predicted molar refractivity (Wildman–Crippen MR) is 96.2 cm³/mol. The van der Waals surface area contributed by atoms with Crippen LogP contribution in [0.5, 0.6) is 17.4 Å². The first-order valence-electron chi connectivity index (χ1n) is 7.46. The fraction of sp³-hybridized carbons (Fsp3) is 0.0526. The largest absolute Gasteiger partial charge is 0.472 e. The van der Waals surface area contributed by atoms with E-state index >= 15 is 0 Å². The van der Waals surface area contributed by atoms with E-state index < -0.39 is 5.95 Å². The molecule has 26 heavy (non-hydrogen) atoms. The van der Waals surface area contributed by atoms with Crippen LogP contribution in [0.2, 0.25) is 10.0 Å². The maximum absolute atomic E-state index is 13.9. The fourth-order valence-electron chi connectivity index (χ4n) is 2.16. The number of rotatable bonds is 5. The van der Waals surface area contributed by atoms with Gasteiger partial charge in [0, 0.05) is 11.1 Å². The van der Waals surface area contributed by atoms with Crippen molar-refractivity contribution in [1.29, 1.82) is 5.26 Å². The first kappa shape index (κ1) is 18.0. The van der Waals surface area contributed by atoms with Gasteiger partial charge in [0.05, 0.1) is 11.6 Å². The van der Waals surface area contributed by atoms with Gasteiger partial charge in [-0.15, -0.1) is 0 Å². The summed E-state index contributed by atoms with van der Waals surface area (Å²) in [6.07, 6.45) is 0. The molecule has 3 aromatic rings. The average molecular weight is 389 g/mol. The van der Waals surface area contributed by atoms with Crippen LogP contribution in [0.1, 0.15) is 11.1 Å². The molecule has 0 amide bonds. The van der Waals surface area contributed by atoms with Crippen molar-refractivity contribution in [3.63, 3.8) is 0 Å². The third-order valence-corrected chi connectivity index (χ3v) is 3.88. The van der Waals surface area contributed by atoms with Crippen molar-refractivity contribution in [1.82, 2.24) is 4.98 Å². The molecular weight excluding hydrogens is 378 g/mol. The Balaban J connectivity index is 1.85. The number of hydrogen-bond acceptors (Lipinski definition) is 4. The molecule has 0 fully saturated rings. The van der Waals surface area contributed by atoms with E-state index in [1.54, 1.807) is 0 Å². The second kappa shape index (κ2) is 8.05. The van der Waals surface area contributed by atoms with Crippen LogP contribution >= 0.6 is 23.2 Å². The van der Waals surface area contributed by atoms with E-state index in [4.69, 9.17) is 37.9 Å². The smallest absolute Gasteiger partial charge is 0.239 e. The number of nitrogens with zero attached hydrogens (tertiary/aromatic N) is 2. The van der Waals surface area contributed by atoms with Gasteiger partial charge in [-0.2, -0.15) is 14.6 Å². The molecule has 0 N–H and O–H groups in total. The highest BCUT2D eigenvalue weighted by Crippen LogP contribution is 2.37. The summed E-state index contributed by atoms with van der Waals surface area (Å²) in [5, 5.41) is 9.32. The van der Waals surface area contributed by atoms with Crippen LogP contribution in [0.4, 0.5) is 4.39 Å². The van der Waals surface area contributed by atoms with Crippen LogP contribution < -0.4 is 9.47 Å². The minimum atomic E-state index is -0.810. The zero-order chi connectivity index (χ0) is 18.5. The monoisotopic (exact) mass is 388 g/mol. The number of aromatic nitrogens is 1. The van der Waals surface area contributed by atoms with Crippen molar-refractivity contribution in [2.24, 2.45) is 0 Å². The second-order valence-electron chi connectivity index (χ2n) is 5.23.